The van der Waals surface area contributed by atoms with Crippen LogP contribution < -0.4 is 4.74 Å². The second-order valence-corrected chi connectivity index (χ2v) is 8.37. The van der Waals surface area contributed by atoms with E-state index in [-0.39, 0.29) is 11.4 Å². The molecule has 3 aromatic carbocycles. The van der Waals surface area contributed by atoms with Crippen molar-refractivity contribution in [2.45, 2.75) is 20.0 Å². The summed E-state index contributed by atoms with van der Waals surface area (Å²) in [6.45, 7) is 2.37. The molecule has 0 unspecified atom stereocenters. The van der Waals surface area contributed by atoms with Crippen LogP contribution in [-0.4, -0.2) is 27.0 Å². The minimum atomic E-state index is -0.440. The summed E-state index contributed by atoms with van der Waals surface area (Å²) in [4.78, 5) is 16.8. The number of rotatable bonds is 5. The summed E-state index contributed by atoms with van der Waals surface area (Å²) >= 11 is 1.33. The molecule has 0 aromatic heterocycles. The quantitative estimate of drug-likeness (QED) is 0.535. The Morgan fingerprint density at radius 3 is 2.72 bits per heavy atom. The number of benzene rings is 3. The summed E-state index contributed by atoms with van der Waals surface area (Å²) < 4.78 is 6.16. The molecule has 158 valence electrons. The summed E-state index contributed by atoms with van der Waals surface area (Å²) in [6, 6.07) is 21.8. The van der Waals surface area contributed by atoms with Crippen molar-refractivity contribution in [1.82, 2.24) is 5.01 Å². The molecule has 0 saturated carbocycles. The van der Waals surface area contributed by atoms with Crippen LogP contribution in [-0.2, 0) is 11.4 Å². The lowest BCUT2D eigenvalue weighted by Gasteiger charge is -2.20. The van der Waals surface area contributed by atoms with Crippen LogP contribution in [0.3, 0.4) is 0 Å². The maximum atomic E-state index is 12.7. The Morgan fingerprint density at radius 1 is 1.06 bits per heavy atom. The standard InChI is InChI=1S/C25H20N4O2S/c1-2-22-28-29-23(26)20(24(30)27-25(29)32-22)14-17-9-4-6-13-21(17)31-15-18-11-7-10-16-8-3-5-12-19(16)18/h3-14,26H,2,15H2,1H3. The highest BCUT2D eigenvalue weighted by molar-refractivity contribution is 8.26. The molecule has 32 heavy (non-hydrogen) atoms. The number of amides is 1. The predicted molar refractivity (Wildman–Crippen MR) is 130 cm³/mol. The van der Waals surface area contributed by atoms with Crippen LogP contribution in [0.15, 0.2) is 82.4 Å². The molecule has 0 radical (unpaired) electrons. The molecule has 1 N–H and O–H groups in total. The van der Waals surface area contributed by atoms with Crippen molar-refractivity contribution in [1.29, 1.82) is 5.41 Å². The number of hydrogen-bond acceptors (Lipinski definition) is 5. The Balaban J connectivity index is 1.44. The van der Waals surface area contributed by atoms with Gasteiger partial charge in [-0.2, -0.15) is 15.1 Å². The third kappa shape index (κ3) is 3.71. The summed E-state index contributed by atoms with van der Waals surface area (Å²) in [7, 11) is 0. The van der Waals surface area contributed by atoms with E-state index in [0.29, 0.717) is 23.1 Å². The number of hydrazone groups is 1. The highest BCUT2D eigenvalue weighted by Gasteiger charge is 2.35. The molecule has 0 spiro atoms. The molecule has 6 nitrogen and oxygen atoms in total. The van der Waals surface area contributed by atoms with E-state index in [1.165, 1.54) is 16.8 Å². The van der Waals surface area contributed by atoms with Crippen LogP contribution in [0.4, 0.5) is 0 Å². The Labute approximate surface area is 189 Å². The van der Waals surface area contributed by atoms with E-state index in [0.717, 1.165) is 27.8 Å². The Morgan fingerprint density at radius 2 is 1.84 bits per heavy atom. The largest absolute Gasteiger partial charge is 0.488 e. The molecule has 0 saturated heterocycles. The second kappa shape index (κ2) is 8.43. The smallest absolute Gasteiger partial charge is 0.283 e. The van der Waals surface area contributed by atoms with Gasteiger partial charge in [0, 0.05) is 5.56 Å². The lowest BCUT2D eigenvalue weighted by Crippen LogP contribution is -2.35. The zero-order valence-corrected chi connectivity index (χ0v) is 18.2. The Bertz CT molecular complexity index is 1340. The monoisotopic (exact) mass is 440 g/mol. The van der Waals surface area contributed by atoms with Crippen LogP contribution in [0, 0.1) is 5.41 Å². The first-order valence-electron chi connectivity index (χ1n) is 10.3. The maximum absolute atomic E-state index is 12.7. The first-order chi connectivity index (χ1) is 15.6. The lowest BCUT2D eigenvalue weighted by molar-refractivity contribution is -0.114. The lowest BCUT2D eigenvalue weighted by atomic mass is 10.1. The highest BCUT2D eigenvalue weighted by atomic mass is 32.2. The number of ether oxygens (including phenoxy) is 1. The maximum Gasteiger partial charge on any atom is 0.283 e. The summed E-state index contributed by atoms with van der Waals surface area (Å²) in [5.74, 6) is 0.224. The number of nitrogens with zero attached hydrogens (tertiary/aromatic N) is 3. The zero-order valence-electron chi connectivity index (χ0n) is 17.4. The molecule has 3 aromatic rings. The fourth-order valence-electron chi connectivity index (χ4n) is 3.64. The number of nitrogens with one attached hydrogen (secondary N) is 1. The second-order valence-electron chi connectivity index (χ2n) is 7.33. The molecular formula is C25H20N4O2S. The van der Waals surface area contributed by atoms with Crippen molar-refractivity contribution in [2.24, 2.45) is 10.1 Å². The third-order valence-corrected chi connectivity index (χ3v) is 6.33. The number of thioether (sulfide) groups is 1. The average Bonchev–Trinajstić information content (AvgIpc) is 3.24. The van der Waals surface area contributed by atoms with Gasteiger partial charge in [0.2, 0.25) is 5.17 Å². The molecule has 7 heteroatoms. The minimum absolute atomic E-state index is 0.0276. The number of carbonyl (C=O) groups excluding carboxylic acids is 1. The molecule has 2 aliphatic heterocycles. The first kappa shape index (κ1) is 20.2. The van der Waals surface area contributed by atoms with E-state index >= 15 is 0 Å². The fourth-order valence-corrected chi connectivity index (χ4v) is 4.46. The average molecular weight is 441 g/mol. The van der Waals surface area contributed by atoms with Gasteiger partial charge >= 0.3 is 0 Å². The van der Waals surface area contributed by atoms with Crippen LogP contribution >= 0.6 is 11.8 Å². The molecule has 0 fully saturated rings. The topological polar surface area (TPSA) is 78.1 Å². The van der Waals surface area contributed by atoms with Gasteiger partial charge in [0.15, 0.2) is 5.84 Å². The van der Waals surface area contributed by atoms with Gasteiger partial charge in [-0.25, -0.2) is 0 Å². The number of para-hydroxylation sites is 1. The van der Waals surface area contributed by atoms with Crippen molar-refractivity contribution in [2.75, 3.05) is 0 Å². The van der Waals surface area contributed by atoms with Gasteiger partial charge in [-0.15, -0.1) is 0 Å². The molecule has 0 aliphatic carbocycles. The van der Waals surface area contributed by atoms with E-state index in [9.17, 15) is 4.79 Å². The molecule has 2 aliphatic rings. The molecule has 0 atom stereocenters. The highest BCUT2D eigenvalue weighted by Crippen LogP contribution is 2.31. The van der Waals surface area contributed by atoms with Gasteiger partial charge in [0.05, 0.1) is 5.57 Å². The van der Waals surface area contributed by atoms with E-state index in [1.807, 2.05) is 55.5 Å². The van der Waals surface area contributed by atoms with Crippen molar-refractivity contribution < 1.29 is 9.53 Å². The van der Waals surface area contributed by atoms with Crippen molar-refractivity contribution >= 4 is 50.6 Å². The zero-order chi connectivity index (χ0) is 22.1. The van der Waals surface area contributed by atoms with Crippen LogP contribution in [0.2, 0.25) is 0 Å². The predicted octanol–water partition coefficient (Wildman–Crippen LogP) is 5.45. The molecule has 5 rings (SSSR count). The number of amidine groups is 2. The van der Waals surface area contributed by atoms with Crippen LogP contribution in [0.1, 0.15) is 24.5 Å². The first-order valence-corrected chi connectivity index (χ1v) is 11.1. The van der Waals surface area contributed by atoms with Gasteiger partial charge < -0.3 is 4.74 Å². The summed E-state index contributed by atoms with van der Waals surface area (Å²) in [5, 5.41) is 17.9. The third-order valence-electron chi connectivity index (χ3n) is 5.28. The van der Waals surface area contributed by atoms with E-state index in [4.69, 9.17) is 10.1 Å². The van der Waals surface area contributed by atoms with Gasteiger partial charge in [-0.3, -0.25) is 10.2 Å². The van der Waals surface area contributed by atoms with E-state index in [2.05, 4.69) is 28.3 Å². The Hall–Kier alpha value is -3.71. The van der Waals surface area contributed by atoms with Gasteiger partial charge in [-0.1, -0.05) is 67.6 Å². The van der Waals surface area contributed by atoms with E-state index in [1.54, 1.807) is 6.08 Å². The van der Waals surface area contributed by atoms with E-state index < -0.39 is 5.91 Å². The normalized spacial score (nSPS) is 16.9. The summed E-state index contributed by atoms with van der Waals surface area (Å²) in [6.07, 6.45) is 2.39. The fraction of sp³-hybridized carbons (Fsp3) is 0.120. The minimum Gasteiger partial charge on any atom is -0.488 e. The SMILES string of the molecule is CCC1=NN2C(=N)C(=Cc3ccccc3OCc3cccc4ccccc34)C(=O)N=C2S1. The molecule has 0 bridgehead atoms. The van der Waals surface area contributed by atoms with Crippen molar-refractivity contribution in [3.8, 4) is 5.75 Å². The summed E-state index contributed by atoms with van der Waals surface area (Å²) in [5.41, 5.74) is 1.99. The number of fused-ring (bicyclic) bond motifs is 2. The number of aliphatic imine (C=N–C) groups is 1. The number of carbonyl (C=O) groups is 1. The van der Waals surface area contributed by atoms with Crippen molar-refractivity contribution in [3.05, 3.63) is 83.4 Å². The van der Waals surface area contributed by atoms with Crippen LogP contribution in [0.25, 0.3) is 16.8 Å². The van der Waals surface area contributed by atoms with Crippen LogP contribution in [0.5, 0.6) is 5.75 Å². The molecular weight excluding hydrogens is 420 g/mol. The number of hydrogen-bond donors (Lipinski definition) is 1. The molecule has 2 heterocycles. The van der Waals surface area contributed by atoms with Gasteiger partial charge in [0.25, 0.3) is 5.91 Å². The van der Waals surface area contributed by atoms with Crippen molar-refractivity contribution in [3.63, 3.8) is 0 Å². The van der Waals surface area contributed by atoms with Gasteiger partial charge in [-0.05, 0) is 46.7 Å². The Kier molecular flexibility index (Phi) is 5.33. The molecule has 1 amide bonds. The van der Waals surface area contributed by atoms with Gasteiger partial charge in [0.1, 0.15) is 17.4 Å².